The first-order valence-corrected chi connectivity index (χ1v) is 13.1. The SMILES string of the molecule is CN1CC(O)(c2ncc(-c3ccc4nc5n(c4c3)[C@@H]3C[C@H]5N(C)C(=O)c4cccc(C5CC5)c43)cn2)C1. The second-order valence-corrected chi connectivity index (χ2v) is 11.3. The number of β-amino-alcohol motifs (C(OH)–C–C–N with tert-alkyl or cyclic N) is 1. The van der Waals surface area contributed by atoms with Crippen molar-refractivity contribution in [2.24, 2.45) is 0 Å². The third kappa shape index (κ3) is 2.97. The molecular weight excluding hydrogens is 464 g/mol. The molecule has 2 fully saturated rings. The number of imidazole rings is 1. The molecule has 8 heteroatoms. The van der Waals surface area contributed by atoms with Crippen LogP contribution in [-0.4, -0.2) is 67.5 Å². The highest BCUT2D eigenvalue weighted by molar-refractivity contribution is 5.97. The van der Waals surface area contributed by atoms with Gasteiger partial charge in [-0.2, -0.15) is 0 Å². The number of hydrogen-bond donors (Lipinski definition) is 1. The Bertz CT molecular complexity index is 1600. The van der Waals surface area contributed by atoms with Crippen LogP contribution in [0.15, 0.2) is 48.8 Å². The van der Waals surface area contributed by atoms with E-state index in [0.717, 1.165) is 40.0 Å². The number of fused-ring (bicyclic) bond motifs is 9. The van der Waals surface area contributed by atoms with Crippen LogP contribution >= 0.6 is 0 Å². The predicted octanol–water partition coefficient (Wildman–Crippen LogP) is 3.62. The summed E-state index contributed by atoms with van der Waals surface area (Å²) in [7, 11) is 3.88. The lowest BCUT2D eigenvalue weighted by molar-refractivity contribution is -0.0981. The Labute approximate surface area is 214 Å². The molecule has 2 bridgehead atoms. The van der Waals surface area contributed by atoms with Crippen LogP contribution in [0, 0.1) is 0 Å². The lowest BCUT2D eigenvalue weighted by Crippen LogP contribution is -2.58. The zero-order valence-electron chi connectivity index (χ0n) is 20.9. The smallest absolute Gasteiger partial charge is 0.254 e. The second-order valence-electron chi connectivity index (χ2n) is 11.3. The minimum Gasteiger partial charge on any atom is -0.379 e. The van der Waals surface area contributed by atoms with Gasteiger partial charge in [-0.25, -0.2) is 15.0 Å². The van der Waals surface area contributed by atoms with Crippen LogP contribution in [0.3, 0.4) is 0 Å². The number of likely N-dealkylation sites (N-methyl/N-ethyl adjacent to an activating group) is 1. The fourth-order valence-corrected chi connectivity index (χ4v) is 6.78. The Morgan fingerprint density at radius 2 is 1.78 bits per heavy atom. The molecule has 1 saturated carbocycles. The van der Waals surface area contributed by atoms with E-state index in [-0.39, 0.29) is 18.0 Å². The molecule has 1 saturated heterocycles. The molecule has 8 nitrogen and oxygen atoms in total. The number of carbonyl (C=O) groups is 1. The van der Waals surface area contributed by atoms with Crippen molar-refractivity contribution < 1.29 is 9.90 Å². The average Bonchev–Trinajstić information content (AvgIpc) is 3.60. The molecular formula is C29H28N6O2. The lowest BCUT2D eigenvalue weighted by atomic mass is 9.91. The van der Waals surface area contributed by atoms with Gasteiger partial charge in [0, 0.05) is 50.1 Å². The van der Waals surface area contributed by atoms with Gasteiger partial charge in [-0.05, 0) is 60.7 Å². The maximum atomic E-state index is 13.5. The highest BCUT2D eigenvalue weighted by Gasteiger charge is 2.46. The zero-order chi connectivity index (χ0) is 25.1. The van der Waals surface area contributed by atoms with Crippen LogP contribution in [0.25, 0.3) is 22.2 Å². The van der Waals surface area contributed by atoms with Gasteiger partial charge in [-0.3, -0.25) is 9.69 Å². The zero-order valence-corrected chi connectivity index (χ0v) is 20.9. The highest BCUT2D eigenvalue weighted by atomic mass is 16.3. The minimum atomic E-state index is -0.963. The van der Waals surface area contributed by atoms with Crippen LogP contribution in [0.2, 0.25) is 0 Å². The van der Waals surface area contributed by atoms with Gasteiger partial charge in [0.1, 0.15) is 11.4 Å². The molecule has 8 rings (SSSR count). The van der Waals surface area contributed by atoms with Gasteiger partial charge in [0.05, 0.1) is 23.1 Å². The fourth-order valence-electron chi connectivity index (χ4n) is 6.78. The number of nitrogens with zero attached hydrogens (tertiary/aromatic N) is 6. The lowest BCUT2D eigenvalue weighted by Gasteiger charge is -2.42. The van der Waals surface area contributed by atoms with Gasteiger partial charge in [0.2, 0.25) is 0 Å². The van der Waals surface area contributed by atoms with Crippen molar-refractivity contribution in [2.75, 3.05) is 27.2 Å². The Kier molecular flexibility index (Phi) is 4.20. The first kappa shape index (κ1) is 21.5. The molecule has 186 valence electrons. The first-order chi connectivity index (χ1) is 17.9. The molecule has 0 unspecified atom stereocenters. The van der Waals surface area contributed by atoms with Crippen LogP contribution in [0.5, 0.6) is 0 Å². The van der Waals surface area contributed by atoms with Crippen molar-refractivity contribution in [2.45, 2.75) is 42.9 Å². The van der Waals surface area contributed by atoms with E-state index in [0.29, 0.717) is 24.8 Å². The number of aliphatic hydroxyl groups is 1. The largest absolute Gasteiger partial charge is 0.379 e. The van der Waals surface area contributed by atoms with Crippen molar-refractivity contribution in [3.05, 3.63) is 77.1 Å². The molecule has 2 aromatic heterocycles. The Morgan fingerprint density at radius 3 is 2.51 bits per heavy atom. The third-order valence-corrected chi connectivity index (χ3v) is 8.75. The number of likely N-dealkylation sites (tertiary alicyclic amines) is 1. The Hall–Kier alpha value is -3.62. The molecule has 1 amide bonds. The molecule has 2 atom stereocenters. The molecule has 1 aliphatic carbocycles. The summed E-state index contributed by atoms with van der Waals surface area (Å²) in [5, 5.41) is 10.7. The van der Waals surface area contributed by atoms with Gasteiger partial charge >= 0.3 is 0 Å². The minimum absolute atomic E-state index is 0.0447. The topological polar surface area (TPSA) is 87.4 Å². The quantitative estimate of drug-likeness (QED) is 0.470. The van der Waals surface area contributed by atoms with Crippen molar-refractivity contribution in [3.63, 3.8) is 0 Å². The van der Waals surface area contributed by atoms with Gasteiger partial charge in [0.25, 0.3) is 5.91 Å². The maximum absolute atomic E-state index is 13.5. The molecule has 37 heavy (non-hydrogen) atoms. The standard InChI is InChI=1S/C29H28N6O2/c1-33-14-29(37,15-33)28-30-12-18(13-31-28)17-8-9-21-22(10-17)35-23-11-24(26(35)32-21)34(2)27(36)20-5-3-4-19(25(20)23)16-6-7-16/h3-5,8-10,12-13,16,23-24,37H,6-7,11,14-15H2,1-2H3/t23-,24-/m1/s1. The van der Waals surface area contributed by atoms with E-state index < -0.39 is 5.60 Å². The first-order valence-electron chi connectivity index (χ1n) is 13.1. The maximum Gasteiger partial charge on any atom is 0.254 e. The number of carbonyl (C=O) groups excluding carboxylic acids is 1. The van der Waals surface area contributed by atoms with Crippen molar-refractivity contribution in [3.8, 4) is 11.1 Å². The van der Waals surface area contributed by atoms with E-state index in [4.69, 9.17) is 4.98 Å². The van der Waals surface area contributed by atoms with E-state index in [1.807, 2.05) is 36.0 Å². The molecule has 4 aromatic rings. The van der Waals surface area contributed by atoms with Crippen LogP contribution < -0.4 is 0 Å². The molecule has 1 N–H and O–H groups in total. The molecule has 0 spiro atoms. The fraction of sp³-hybridized carbons (Fsp3) is 0.379. The van der Waals surface area contributed by atoms with E-state index in [9.17, 15) is 9.90 Å². The van der Waals surface area contributed by atoms with Gasteiger partial charge in [-0.1, -0.05) is 18.2 Å². The molecule has 2 aromatic carbocycles. The van der Waals surface area contributed by atoms with Crippen LogP contribution in [-0.2, 0) is 5.60 Å². The summed E-state index contributed by atoms with van der Waals surface area (Å²) in [6.07, 6.45) is 6.85. The normalized spacial score (nSPS) is 24.1. The Balaban J connectivity index is 1.25. The summed E-state index contributed by atoms with van der Waals surface area (Å²) < 4.78 is 2.37. The summed E-state index contributed by atoms with van der Waals surface area (Å²) in [5.74, 6) is 2.09. The molecule has 3 aliphatic heterocycles. The van der Waals surface area contributed by atoms with Crippen LogP contribution in [0.1, 0.15) is 70.4 Å². The van der Waals surface area contributed by atoms with Crippen LogP contribution in [0.4, 0.5) is 0 Å². The van der Waals surface area contributed by atoms with Crippen molar-refractivity contribution in [1.29, 1.82) is 0 Å². The summed E-state index contributed by atoms with van der Waals surface area (Å²) in [4.78, 5) is 31.5. The molecule has 0 radical (unpaired) electrons. The van der Waals surface area contributed by atoms with Gasteiger partial charge < -0.3 is 14.6 Å². The average molecular weight is 493 g/mol. The number of benzene rings is 2. The van der Waals surface area contributed by atoms with E-state index in [1.165, 1.54) is 24.0 Å². The van der Waals surface area contributed by atoms with E-state index in [2.05, 4.69) is 38.8 Å². The number of amides is 1. The van der Waals surface area contributed by atoms with Crippen molar-refractivity contribution >= 4 is 16.9 Å². The number of aromatic nitrogens is 4. The number of hydrogen-bond acceptors (Lipinski definition) is 6. The van der Waals surface area contributed by atoms with Gasteiger partial charge in [0.15, 0.2) is 5.82 Å². The monoisotopic (exact) mass is 492 g/mol. The number of rotatable bonds is 3. The summed E-state index contributed by atoms with van der Waals surface area (Å²) in [6.45, 7) is 1.09. The van der Waals surface area contributed by atoms with Gasteiger partial charge in [-0.15, -0.1) is 0 Å². The molecule has 5 heterocycles. The van der Waals surface area contributed by atoms with E-state index >= 15 is 0 Å². The summed E-state index contributed by atoms with van der Waals surface area (Å²) in [6, 6.07) is 12.6. The van der Waals surface area contributed by atoms with Crippen molar-refractivity contribution in [1.82, 2.24) is 29.3 Å². The second kappa shape index (κ2) is 7.24. The predicted molar refractivity (Wildman–Crippen MR) is 138 cm³/mol. The summed E-state index contributed by atoms with van der Waals surface area (Å²) in [5.41, 5.74) is 6.33. The third-order valence-electron chi connectivity index (χ3n) is 8.75. The Morgan fingerprint density at radius 1 is 1.00 bits per heavy atom. The summed E-state index contributed by atoms with van der Waals surface area (Å²) >= 11 is 0. The molecule has 4 aliphatic rings. The highest BCUT2D eigenvalue weighted by Crippen LogP contribution is 2.52. The van der Waals surface area contributed by atoms with E-state index in [1.54, 1.807) is 12.4 Å².